The summed E-state index contributed by atoms with van der Waals surface area (Å²) in [6.07, 6.45) is 4.20. The number of ether oxygens (including phenoxy) is 1. The fourth-order valence-electron chi connectivity index (χ4n) is 5.22. The first kappa shape index (κ1) is 20.4. The molecular formula is C20H27N5O5. The summed E-state index contributed by atoms with van der Waals surface area (Å²) in [4.78, 5) is 54.0. The highest BCUT2D eigenvalue weighted by atomic mass is 16.5. The molecule has 0 spiro atoms. The van der Waals surface area contributed by atoms with Gasteiger partial charge in [0.25, 0.3) is 5.91 Å². The molecule has 3 aliphatic rings. The van der Waals surface area contributed by atoms with Crippen molar-refractivity contribution in [2.24, 2.45) is 5.41 Å². The predicted molar refractivity (Wildman–Crippen MR) is 105 cm³/mol. The van der Waals surface area contributed by atoms with Crippen molar-refractivity contribution in [1.29, 1.82) is 0 Å². The first-order chi connectivity index (χ1) is 14.1. The molecule has 3 aliphatic heterocycles. The van der Waals surface area contributed by atoms with Gasteiger partial charge in [-0.25, -0.2) is 9.89 Å². The van der Waals surface area contributed by atoms with E-state index in [0.29, 0.717) is 18.7 Å². The van der Waals surface area contributed by atoms with Crippen molar-refractivity contribution in [3.05, 3.63) is 28.1 Å². The second-order valence-electron chi connectivity index (χ2n) is 8.99. The topological polar surface area (TPSA) is 137 Å². The molecule has 4 heterocycles. The summed E-state index contributed by atoms with van der Waals surface area (Å²) in [5.74, 6) is -0.197. The molecule has 3 N–H and O–H groups in total. The van der Waals surface area contributed by atoms with Crippen LogP contribution in [0.3, 0.4) is 0 Å². The number of fused-ring (bicyclic) bond motifs is 2. The van der Waals surface area contributed by atoms with Crippen LogP contribution in [0, 0.1) is 5.41 Å². The van der Waals surface area contributed by atoms with Crippen LogP contribution in [0.1, 0.15) is 58.7 Å². The third-order valence-electron chi connectivity index (χ3n) is 6.51. The number of amides is 2. The Balaban J connectivity index is 1.53. The molecule has 2 amide bonds. The predicted octanol–water partition coefficient (Wildman–Crippen LogP) is 0.526. The number of hydrogen-bond donors (Lipinski definition) is 3. The fraction of sp³-hybridized carbons (Fsp3) is 0.650. The average Bonchev–Trinajstić information content (AvgIpc) is 3.37. The lowest BCUT2D eigenvalue weighted by atomic mass is 9.71. The van der Waals surface area contributed by atoms with Crippen molar-refractivity contribution < 1.29 is 19.1 Å². The summed E-state index contributed by atoms with van der Waals surface area (Å²) in [6, 6.07) is -0.328. The zero-order valence-electron chi connectivity index (χ0n) is 17.4. The Bertz CT molecular complexity index is 976. The largest absolute Gasteiger partial charge is 0.481 e. The van der Waals surface area contributed by atoms with E-state index in [-0.39, 0.29) is 48.4 Å². The number of carbonyl (C=O) groups is 3. The maximum Gasteiger partial charge on any atom is 0.340 e. The number of H-pyrrole nitrogens is 2. The summed E-state index contributed by atoms with van der Waals surface area (Å²) in [5.41, 5.74) is -1.88. The van der Waals surface area contributed by atoms with Crippen LogP contribution in [0.25, 0.3) is 0 Å². The van der Waals surface area contributed by atoms with E-state index in [1.54, 1.807) is 18.7 Å². The van der Waals surface area contributed by atoms with Crippen LogP contribution in [0.5, 0.6) is 0 Å². The molecule has 2 bridgehead atoms. The number of nitrogens with zero attached hydrogens (tertiary/aromatic N) is 2. The second-order valence-corrected chi connectivity index (χ2v) is 8.99. The molecule has 10 heteroatoms. The van der Waals surface area contributed by atoms with Gasteiger partial charge < -0.3 is 15.0 Å². The molecule has 3 atom stereocenters. The molecule has 0 unspecified atom stereocenters. The number of nitrogens with one attached hydrogen (secondary N) is 3. The highest BCUT2D eigenvalue weighted by Gasteiger charge is 2.60. The molecule has 2 saturated heterocycles. The van der Waals surface area contributed by atoms with Gasteiger partial charge >= 0.3 is 5.69 Å². The number of hydrogen-bond acceptors (Lipinski definition) is 6. The normalized spacial score (nSPS) is 29.5. The van der Waals surface area contributed by atoms with Gasteiger partial charge in [0.1, 0.15) is 11.4 Å². The fourth-order valence-corrected chi connectivity index (χ4v) is 5.22. The van der Waals surface area contributed by atoms with Gasteiger partial charge in [0, 0.05) is 24.6 Å². The Morgan fingerprint density at radius 3 is 2.73 bits per heavy atom. The van der Waals surface area contributed by atoms with E-state index in [4.69, 9.17) is 4.74 Å². The third-order valence-corrected chi connectivity index (χ3v) is 6.51. The number of aromatic nitrogens is 3. The van der Waals surface area contributed by atoms with E-state index in [0.717, 1.165) is 12.8 Å². The van der Waals surface area contributed by atoms with Gasteiger partial charge in [-0.1, -0.05) is 6.92 Å². The minimum atomic E-state index is -0.727. The maximum atomic E-state index is 13.3. The first-order valence-electron chi connectivity index (χ1n) is 10.3. The van der Waals surface area contributed by atoms with Crippen LogP contribution in [0.2, 0.25) is 0 Å². The highest BCUT2D eigenvalue weighted by molar-refractivity contribution is 6.02. The van der Waals surface area contributed by atoms with Gasteiger partial charge in [0.15, 0.2) is 11.5 Å². The zero-order valence-corrected chi connectivity index (χ0v) is 17.4. The van der Waals surface area contributed by atoms with Crippen molar-refractivity contribution in [1.82, 2.24) is 25.4 Å². The van der Waals surface area contributed by atoms with Gasteiger partial charge in [-0.2, -0.15) is 5.10 Å². The van der Waals surface area contributed by atoms with Crippen molar-refractivity contribution >= 4 is 17.6 Å². The molecule has 1 aromatic rings. The van der Waals surface area contributed by atoms with Crippen molar-refractivity contribution in [3.8, 4) is 0 Å². The van der Waals surface area contributed by atoms with Gasteiger partial charge in [0.05, 0.1) is 12.0 Å². The average molecular weight is 417 g/mol. The van der Waals surface area contributed by atoms with Crippen molar-refractivity contribution in [2.45, 2.75) is 77.1 Å². The van der Waals surface area contributed by atoms with Crippen LogP contribution >= 0.6 is 0 Å². The minimum Gasteiger partial charge on any atom is -0.481 e. The third kappa shape index (κ3) is 3.33. The maximum absolute atomic E-state index is 13.3. The summed E-state index contributed by atoms with van der Waals surface area (Å²) in [6.45, 7) is 5.61. The molecule has 0 aromatic carbocycles. The van der Waals surface area contributed by atoms with Crippen molar-refractivity contribution in [2.75, 3.05) is 0 Å². The lowest BCUT2D eigenvalue weighted by molar-refractivity contribution is -0.141. The number of ketones is 1. The van der Waals surface area contributed by atoms with E-state index < -0.39 is 16.7 Å². The SMILES string of the molecule is CC[C@]1(C(=O)NCc2n[nH]c(=O)[nH]2)C[C@H]2CC[C@@H]1N2C(=O)C1=CC(=O)CC(C)(C)O1. The van der Waals surface area contributed by atoms with Crippen LogP contribution < -0.4 is 11.0 Å². The van der Waals surface area contributed by atoms with E-state index in [1.165, 1.54) is 6.08 Å². The smallest absolute Gasteiger partial charge is 0.340 e. The quantitative estimate of drug-likeness (QED) is 0.639. The summed E-state index contributed by atoms with van der Waals surface area (Å²) >= 11 is 0. The molecule has 30 heavy (non-hydrogen) atoms. The van der Waals surface area contributed by atoms with Gasteiger partial charge in [-0.15, -0.1) is 0 Å². The van der Waals surface area contributed by atoms with Gasteiger partial charge in [-0.3, -0.25) is 19.4 Å². The number of carbonyl (C=O) groups excluding carboxylic acids is 3. The van der Waals surface area contributed by atoms with Crippen LogP contribution in [0.4, 0.5) is 0 Å². The number of rotatable bonds is 5. The lowest BCUT2D eigenvalue weighted by Gasteiger charge is -2.36. The molecule has 4 rings (SSSR count). The molecule has 162 valence electrons. The molecule has 1 aromatic heterocycles. The standard InChI is InChI=1S/C20H27N5O5/c1-4-20(17(28)21-10-15-22-18(29)24-23-15)8-11-5-6-14(20)25(11)16(27)13-7-12(26)9-19(2,3)30-13/h7,11,14H,4-6,8-10H2,1-3H3,(H,21,28)(H2,22,23,24,29)/t11-,14+,20+/m1/s1. The van der Waals surface area contributed by atoms with Gasteiger partial charge in [0.2, 0.25) is 5.91 Å². The Morgan fingerprint density at radius 2 is 2.10 bits per heavy atom. The zero-order chi connectivity index (χ0) is 21.7. The van der Waals surface area contributed by atoms with E-state index in [9.17, 15) is 19.2 Å². The molecule has 2 fully saturated rings. The van der Waals surface area contributed by atoms with Gasteiger partial charge in [-0.05, 0) is 39.5 Å². The molecule has 0 radical (unpaired) electrons. The summed E-state index contributed by atoms with van der Waals surface area (Å²) < 4.78 is 5.82. The Hall–Kier alpha value is -2.91. The van der Waals surface area contributed by atoms with Crippen LogP contribution in [-0.2, 0) is 25.7 Å². The van der Waals surface area contributed by atoms with Crippen LogP contribution in [-0.4, -0.2) is 55.4 Å². The second kappa shape index (κ2) is 7.10. The number of aromatic amines is 2. The Morgan fingerprint density at radius 1 is 1.33 bits per heavy atom. The van der Waals surface area contributed by atoms with E-state index in [2.05, 4.69) is 20.5 Å². The monoisotopic (exact) mass is 417 g/mol. The number of allylic oxidation sites excluding steroid dienone is 1. The van der Waals surface area contributed by atoms with Crippen molar-refractivity contribution in [3.63, 3.8) is 0 Å². The Labute approximate surface area is 173 Å². The molecular weight excluding hydrogens is 390 g/mol. The molecule has 0 aliphatic carbocycles. The molecule has 0 saturated carbocycles. The van der Waals surface area contributed by atoms with E-state index >= 15 is 0 Å². The minimum absolute atomic E-state index is 0.0644. The lowest BCUT2D eigenvalue weighted by Crippen LogP contribution is -2.50. The Kier molecular flexibility index (Phi) is 4.82. The summed E-state index contributed by atoms with van der Waals surface area (Å²) in [7, 11) is 0. The summed E-state index contributed by atoms with van der Waals surface area (Å²) in [5, 5.41) is 8.94. The van der Waals surface area contributed by atoms with E-state index in [1.807, 2.05) is 6.92 Å². The molecule has 10 nitrogen and oxygen atoms in total. The van der Waals surface area contributed by atoms with Crippen LogP contribution in [0.15, 0.2) is 16.6 Å². The highest BCUT2D eigenvalue weighted by Crippen LogP contribution is 2.52. The first-order valence-corrected chi connectivity index (χ1v) is 10.3.